The fourth-order valence-electron chi connectivity index (χ4n) is 2.85. The number of ether oxygens (including phenoxy) is 1. The third-order valence-corrected chi connectivity index (χ3v) is 4.35. The fourth-order valence-corrected chi connectivity index (χ4v) is 2.85. The minimum atomic E-state index is -4.33. The van der Waals surface area contributed by atoms with Crippen LogP contribution in [0.15, 0.2) is 29.3 Å². The molecule has 1 aliphatic carbocycles. The lowest BCUT2D eigenvalue weighted by molar-refractivity contribution is -0.153. The summed E-state index contributed by atoms with van der Waals surface area (Å²) >= 11 is 0. The summed E-state index contributed by atoms with van der Waals surface area (Å²) < 4.78 is 41.2. The van der Waals surface area contributed by atoms with Gasteiger partial charge < -0.3 is 15.4 Å². The largest absolute Gasteiger partial charge is 0.484 e. The molecule has 1 saturated carbocycles. The van der Waals surface area contributed by atoms with E-state index in [0.717, 1.165) is 24.7 Å². The maximum absolute atomic E-state index is 12.2. The molecule has 1 aliphatic rings. The van der Waals surface area contributed by atoms with Gasteiger partial charge in [-0.25, -0.2) is 0 Å². The molecule has 0 atom stereocenters. The number of alkyl halides is 3. The molecule has 5 nitrogen and oxygen atoms in total. The number of nitrogens with one attached hydrogen (secondary N) is 2. The number of aliphatic imine (C=N–C) groups is 1. The lowest BCUT2D eigenvalue weighted by Gasteiger charge is -2.26. The molecule has 0 radical (unpaired) electrons. The van der Waals surface area contributed by atoms with Crippen LogP contribution in [0.25, 0.3) is 0 Å². The SMILES string of the molecule is CN=C(NCCN(C(C)C)C1CC1)NCc1ccc(OCC(F)(F)F)cc1.I. The molecule has 2 rings (SSSR count). The van der Waals surface area contributed by atoms with Gasteiger partial charge >= 0.3 is 6.18 Å². The Morgan fingerprint density at radius 3 is 2.36 bits per heavy atom. The summed E-state index contributed by atoms with van der Waals surface area (Å²) in [6.45, 7) is 5.44. The molecular formula is C19H30F3IN4O. The standard InChI is InChI=1S/C19H29F3N4O.HI/c1-14(2)26(16-6-7-16)11-10-24-18(23-3)25-12-15-4-8-17(9-5-15)27-13-19(20,21)22;/h4-5,8-9,14,16H,6-7,10-13H2,1-3H3,(H2,23,24,25);1H. The van der Waals surface area contributed by atoms with Gasteiger partial charge in [0.1, 0.15) is 5.75 Å². The topological polar surface area (TPSA) is 48.9 Å². The predicted molar refractivity (Wildman–Crippen MR) is 116 cm³/mol. The van der Waals surface area contributed by atoms with E-state index in [4.69, 9.17) is 4.74 Å². The van der Waals surface area contributed by atoms with Crippen LogP contribution in [0.1, 0.15) is 32.3 Å². The van der Waals surface area contributed by atoms with Crippen LogP contribution in [-0.2, 0) is 6.54 Å². The van der Waals surface area contributed by atoms with Crippen molar-refractivity contribution in [3.05, 3.63) is 29.8 Å². The molecule has 28 heavy (non-hydrogen) atoms. The first-order valence-corrected chi connectivity index (χ1v) is 9.27. The van der Waals surface area contributed by atoms with E-state index in [9.17, 15) is 13.2 Å². The van der Waals surface area contributed by atoms with E-state index < -0.39 is 12.8 Å². The zero-order chi connectivity index (χ0) is 19.9. The average Bonchev–Trinajstić information content (AvgIpc) is 3.44. The lowest BCUT2D eigenvalue weighted by atomic mass is 10.2. The molecule has 2 N–H and O–H groups in total. The van der Waals surface area contributed by atoms with Gasteiger partial charge in [-0.05, 0) is 44.4 Å². The monoisotopic (exact) mass is 514 g/mol. The molecule has 0 aromatic heterocycles. The van der Waals surface area contributed by atoms with E-state index in [0.29, 0.717) is 18.5 Å². The number of hydrogen-bond acceptors (Lipinski definition) is 3. The van der Waals surface area contributed by atoms with Gasteiger partial charge in [-0.2, -0.15) is 13.2 Å². The van der Waals surface area contributed by atoms with Crippen molar-refractivity contribution in [2.24, 2.45) is 4.99 Å². The Hall–Kier alpha value is -1.23. The molecule has 1 aromatic rings. The number of nitrogens with zero attached hydrogens (tertiary/aromatic N) is 2. The second-order valence-corrected chi connectivity index (χ2v) is 6.96. The summed E-state index contributed by atoms with van der Waals surface area (Å²) in [6, 6.07) is 7.80. The molecule has 1 aromatic carbocycles. The second-order valence-electron chi connectivity index (χ2n) is 6.96. The van der Waals surface area contributed by atoms with Crippen molar-refractivity contribution in [3.8, 4) is 5.75 Å². The Bertz CT molecular complexity index is 602. The van der Waals surface area contributed by atoms with Gasteiger partial charge in [-0.15, -0.1) is 24.0 Å². The minimum Gasteiger partial charge on any atom is -0.484 e. The van der Waals surface area contributed by atoms with Crippen molar-refractivity contribution in [2.75, 3.05) is 26.7 Å². The van der Waals surface area contributed by atoms with Gasteiger partial charge in [0.2, 0.25) is 0 Å². The molecule has 0 unspecified atom stereocenters. The summed E-state index contributed by atoms with van der Waals surface area (Å²) in [5, 5.41) is 6.51. The molecule has 0 heterocycles. The summed E-state index contributed by atoms with van der Waals surface area (Å²) in [4.78, 5) is 6.71. The quantitative estimate of drug-likeness (QED) is 0.299. The maximum atomic E-state index is 12.2. The zero-order valence-electron chi connectivity index (χ0n) is 16.6. The third-order valence-electron chi connectivity index (χ3n) is 4.35. The maximum Gasteiger partial charge on any atom is 0.422 e. The normalized spacial score (nSPS) is 14.8. The van der Waals surface area contributed by atoms with Crippen LogP contribution >= 0.6 is 24.0 Å². The van der Waals surface area contributed by atoms with Gasteiger partial charge in [0.15, 0.2) is 12.6 Å². The summed E-state index contributed by atoms with van der Waals surface area (Å²) in [6.07, 6.45) is -1.76. The van der Waals surface area contributed by atoms with Crippen LogP contribution in [0.4, 0.5) is 13.2 Å². The van der Waals surface area contributed by atoms with Crippen molar-refractivity contribution in [2.45, 2.75) is 51.5 Å². The molecule has 0 amide bonds. The fraction of sp³-hybridized carbons (Fsp3) is 0.632. The Kier molecular flexibility index (Phi) is 10.4. The van der Waals surface area contributed by atoms with E-state index in [1.54, 1.807) is 19.2 Å². The van der Waals surface area contributed by atoms with Crippen LogP contribution in [0, 0.1) is 0 Å². The summed E-state index contributed by atoms with van der Waals surface area (Å²) in [5.41, 5.74) is 0.930. The predicted octanol–water partition coefficient (Wildman–Crippen LogP) is 3.78. The van der Waals surface area contributed by atoms with E-state index >= 15 is 0 Å². The molecule has 9 heteroatoms. The van der Waals surface area contributed by atoms with E-state index in [-0.39, 0.29) is 29.7 Å². The van der Waals surface area contributed by atoms with Gasteiger partial charge in [-0.3, -0.25) is 9.89 Å². The number of benzene rings is 1. The first-order chi connectivity index (χ1) is 12.8. The third kappa shape index (κ3) is 9.31. The van der Waals surface area contributed by atoms with E-state index in [1.807, 2.05) is 0 Å². The Morgan fingerprint density at radius 2 is 1.86 bits per heavy atom. The zero-order valence-corrected chi connectivity index (χ0v) is 18.9. The highest BCUT2D eigenvalue weighted by Crippen LogP contribution is 2.27. The second kappa shape index (κ2) is 11.7. The average molecular weight is 514 g/mol. The number of rotatable bonds is 9. The number of hydrogen-bond donors (Lipinski definition) is 2. The number of halogens is 4. The molecule has 0 saturated heterocycles. The highest BCUT2D eigenvalue weighted by molar-refractivity contribution is 14.0. The van der Waals surface area contributed by atoms with E-state index in [2.05, 4.69) is 34.4 Å². The van der Waals surface area contributed by atoms with Crippen LogP contribution in [-0.4, -0.2) is 55.9 Å². The number of guanidine groups is 1. The van der Waals surface area contributed by atoms with Crippen LogP contribution in [0.3, 0.4) is 0 Å². The molecule has 0 aliphatic heterocycles. The molecule has 0 spiro atoms. The lowest BCUT2D eigenvalue weighted by Crippen LogP contribution is -2.43. The minimum absolute atomic E-state index is 0. The van der Waals surface area contributed by atoms with Crippen LogP contribution < -0.4 is 15.4 Å². The first-order valence-electron chi connectivity index (χ1n) is 9.27. The van der Waals surface area contributed by atoms with Crippen LogP contribution in [0.2, 0.25) is 0 Å². The molecule has 160 valence electrons. The van der Waals surface area contributed by atoms with Crippen molar-refractivity contribution < 1.29 is 17.9 Å². The highest BCUT2D eigenvalue weighted by atomic mass is 127. The molecule has 1 fully saturated rings. The van der Waals surface area contributed by atoms with Gasteiger partial charge in [0.05, 0.1) is 0 Å². The Morgan fingerprint density at radius 1 is 1.21 bits per heavy atom. The van der Waals surface area contributed by atoms with Crippen molar-refractivity contribution in [1.29, 1.82) is 0 Å². The van der Waals surface area contributed by atoms with Crippen molar-refractivity contribution in [1.82, 2.24) is 15.5 Å². The summed E-state index contributed by atoms with van der Waals surface area (Å²) in [5.74, 6) is 0.902. The first kappa shape index (κ1) is 24.8. The molecular weight excluding hydrogens is 484 g/mol. The van der Waals surface area contributed by atoms with Crippen molar-refractivity contribution >= 4 is 29.9 Å². The highest BCUT2D eigenvalue weighted by Gasteiger charge is 2.30. The van der Waals surface area contributed by atoms with Crippen LogP contribution in [0.5, 0.6) is 5.75 Å². The van der Waals surface area contributed by atoms with Gasteiger partial charge in [0.25, 0.3) is 0 Å². The Balaban J connectivity index is 0.00000392. The summed E-state index contributed by atoms with van der Waals surface area (Å²) in [7, 11) is 1.71. The Labute approximate surface area is 182 Å². The van der Waals surface area contributed by atoms with Gasteiger partial charge in [-0.1, -0.05) is 12.1 Å². The van der Waals surface area contributed by atoms with Crippen molar-refractivity contribution in [3.63, 3.8) is 0 Å². The molecule has 0 bridgehead atoms. The van der Waals surface area contributed by atoms with E-state index in [1.165, 1.54) is 25.0 Å². The van der Waals surface area contributed by atoms with Gasteiger partial charge in [0, 0.05) is 38.8 Å². The smallest absolute Gasteiger partial charge is 0.422 e.